The van der Waals surface area contributed by atoms with Crippen LogP contribution in [0.25, 0.3) is 21.8 Å². The Morgan fingerprint density at radius 3 is 2.74 bits per heavy atom. The molecular formula is C21H19ClN2O3. The van der Waals surface area contributed by atoms with Crippen LogP contribution in [0.2, 0.25) is 5.02 Å². The van der Waals surface area contributed by atoms with Crippen molar-refractivity contribution in [3.8, 4) is 5.75 Å². The van der Waals surface area contributed by atoms with Gasteiger partial charge in [-0.25, -0.2) is 4.98 Å². The lowest BCUT2D eigenvalue weighted by atomic mass is 9.73. The number of carboxylic acid groups (broad SMARTS) is 1. The number of carbonyl (C=O) groups is 1. The van der Waals surface area contributed by atoms with Gasteiger partial charge in [-0.2, -0.15) is 0 Å². The fourth-order valence-electron chi connectivity index (χ4n) is 4.69. The number of benzene rings is 2. The molecule has 2 fully saturated rings. The molecule has 3 aromatic rings. The highest BCUT2D eigenvalue weighted by Crippen LogP contribution is 2.77. The van der Waals surface area contributed by atoms with Gasteiger partial charge < -0.3 is 15.2 Å². The lowest BCUT2D eigenvalue weighted by molar-refractivity contribution is -0.148. The van der Waals surface area contributed by atoms with Gasteiger partial charge in [-0.05, 0) is 55.7 Å². The normalized spacial score (nSPS) is 25.7. The maximum absolute atomic E-state index is 11.6. The molecule has 5 nitrogen and oxygen atoms in total. The van der Waals surface area contributed by atoms with Gasteiger partial charge in [0.1, 0.15) is 5.75 Å². The molecule has 0 amide bonds. The summed E-state index contributed by atoms with van der Waals surface area (Å²) in [4.78, 5) is 16.4. The summed E-state index contributed by atoms with van der Waals surface area (Å²) in [5.41, 5.74) is 1.98. The molecule has 5 rings (SSSR count). The molecule has 2 aromatic carbocycles. The van der Waals surface area contributed by atoms with E-state index < -0.39 is 11.4 Å². The SMILES string of the molecule is COc1ccc2nc3cc(Cl)ccc3c(NCC34CCC3(C(=O)O)C4)c2c1. The van der Waals surface area contributed by atoms with Gasteiger partial charge >= 0.3 is 5.97 Å². The molecule has 27 heavy (non-hydrogen) atoms. The number of ether oxygens (including phenoxy) is 1. The molecule has 0 bridgehead atoms. The van der Waals surface area contributed by atoms with Crippen LogP contribution in [0.4, 0.5) is 5.69 Å². The van der Waals surface area contributed by atoms with Crippen LogP contribution in [0.15, 0.2) is 36.4 Å². The molecule has 2 aliphatic rings. The first-order valence-electron chi connectivity index (χ1n) is 9.02. The number of aromatic nitrogens is 1. The van der Waals surface area contributed by atoms with Gasteiger partial charge in [0.05, 0.1) is 29.2 Å². The van der Waals surface area contributed by atoms with Gasteiger partial charge in [-0.15, -0.1) is 0 Å². The van der Waals surface area contributed by atoms with Gasteiger partial charge in [0, 0.05) is 27.8 Å². The van der Waals surface area contributed by atoms with E-state index in [2.05, 4.69) is 5.32 Å². The van der Waals surface area contributed by atoms with Crippen molar-refractivity contribution in [1.29, 1.82) is 0 Å². The molecule has 0 spiro atoms. The fraction of sp³-hybridized carbons (Fsp3) is 0.333. The first-order chi connectivity index (χ1) is 13.0. The topological polar surface area (TPSA) is 71.5 Å². The molecule has 6 heteroatoms. The van der Waals surface area contributed by atoms with E-state index >= 15 is 0 Å². The molecule has 2 saturated carbocycles. The zero-order chi connectivity index (χ0) is 18.8. The number of hydrogen-bond donors (Lipinski definition) is 2. The second-order valence-corrected chi connectivity index (χ2v) is 8.17. The lowest BCUT2D eigenvalue weighted by Crippen LogP contribution is -2.37. The summed E-state index contributed by atoms with van der Waals surface area (Å²) in [6, 6.07) is 11.4. The molecule has 2 aliphatic carbocycles. The number of nitrogens with zero attached hydrogens (tertiary/aromatic N) is 1. The van der Waals surface area contributed by atoms with Crippen LogP contribution in [-0.4, -0.2) is 29.7 Å². The minimum absolute atomic E-state index is 0.119. The summed E-state index contributed by atoms with van der Waals surface area (Å²) in [6.07, 6.45) is 2.51. The monoisotopic (exact) mass is 382 g/mol. The highest BCUT2D eigenvalue weighted by Gasteiger charge is 2.78. The standard InChI is InChI=1S/C21H19ClN2O3/c1-27-13-3-5-16-15(9-13)18(14-4-2-12(22)8-17(14)24-16)23-11-20-6-7-21(20,10-20)19(25)26/h2-5,8-9H,6-7,10-11H2,1H3,(H,23,24)(H,25,26). The summed E-state index contributed by atoms with van der Waals surface area (Å²) in [6.45, 7) is 0.646. The maximum atomic E-state index is 11.6. The van der Waals surface area contributed by atoms with Crippen molar-refractivity contribution in [1.82, 2.24) is 4.98 Å². The van der Waals surface area contributed by atoms with Crippen molar-refractivity contribution < 1.29 is 14.6 Å². The predicted octanol–water partition coefficient (Wildman–Crippen LogP) is 4.72. The number of hydrogen-bond acceptors (Lipinski definition) is 4. The Morgan fingerprint density at radius 2 is 2.07 bits per heavy atom. The van der Waals surface area contributed by atoms with Gasteiger partial charge in [0.2, 0.25) is 0 Å². The van der Waals surface area contributed by atoms with Crippen LogP contribution in [0, 0.1) is 10.8 Å². The van der Waals surface area contributed by atoms with Crippen LogP contribution in [0.3, 0.4) is 0 Å². The zero-order valence-electron chi connectivity index (χ0n) is 14.9. The van der Waals surface area contributed by atoms with Gasteiger partial charge in [0.25, 0.3) is 0 Å². The van der Waals surface area contributed by atoms with E-state index in [-0.39, 0.29) is 5.41 Å². The van der Waals surface area contributed by atoms with E-state index in [1.165, 1.54) is 0 Å². The van der Waals surface area contributed by atoms with Crippen molar-refractivity contribution in [2.45, 2.75) is 19.3 Å². The predicted molar refractivity (Wildman–Crippen MR) is 106 cm³/mol. The summed E-state index contributed by atoms with van der Waals surface area (Å²) in [7, 11) is 1.64. The van der Waals surface area contributed by atoms with E-state index in [1.54, 1.807) is 7.11 Å². The van der Waals surface area contributed by atoms with Crippen molar-refractivity contribution >= 4 is 45.1 Å². The number of fused-ring (bicyclic) bond motifs is 3. The Kier molecular flexibility index (Phi) is 3.38. The largest absolute Gasteiger partial charge is 0.497 e. The molecule has 2 unspecified atom stereocenters. The van der Waals surface area contributed by atoms with Crippen molar-refractivity contribution in [3.63, 3.8) is 0 Å². The molecule has 2 N–H and O–H groups in total. The Labute approximate surface area is 161 Å². The highest BCUT2D eigenvalue weighted by molar-refractivity contribution is 6.31. The van der Waals surface area contributed by atoms with Gasteiger partial charge in [-0.1, -0.05) is 11.6 Å². The van der Waals surface area contributed by atoms with Gasteiger partial charge in [-0.3, -0.25) is 4.79 Å². The number of methoxy groups -OCH3 is 1. The minimum atomic E-state index is -0.659. The number of anilines is 1. The van der Waals surface area contributed by atoms with Crippen LogP contribution in [0.1, 0.15) is 19.3 Å². The minimum Gasteiger partial charge on any atom is -0.497 e. The van der Waals surface area contributed by atoms with Crippen LogP contribution in [-0.2, 0) is 4.79 Å². The number of nitrogens with one attached hydrogen (secondary N) is 1. The summed E-state index contributed by atoms with van der Waals surface area (Å²) in [5.74, 6) is 0.0993. The molecule has 1 heterocycles. The average Bonchev–Trinajstić information content (AvgIpc) is 3.13. The molecule has 0 aliphatic heterocycles. The summed E-state index contributed by atoms with van der Waals surface area (Å²) >= 11 is 6.17. The number of pyridine rings is 1. The van der Waals surface area contributed by atoms with Crippen molar-refractivity contribution in [3.05, 3.63) is 41.4 Å². The third-order valence-corrected chi connectivity index (χ3v) is 6.75. The van der Waals surface area contributed by atoms with E-state index in [0.29, 0.717) is 11.6 Å². The molecular weight excluding hydrogens is 364 g/mol. The van der Waals surface area contributed by atoms with Crippen molar-refractivity contribution in [2.75, 3.05) is 19.0 Å². The lowest BCUT2D eigenvalue weighted by Gasteiger charge is -2.33. The number of carboxylic acids is 1. The Morgan fingerprint density at radius 1 is 1.22 bits per heavy atom. The quantitative estimate of drug-likeness (QED) is 0.625. The second-order valence-electron chi connectivity index (χ2n) is 7.73. The zero-order valence-corrected chi connectivity index (χ0v) is 15.6. The van der Waals surface area contributed by atoms with Crippen LogP contribution < -0.4 is 10.1 Å². The number of halogens is 1. The third-order valence-electron chi connectivity index (χ3n) is 6.52. The van der Waals surface area contributed by atoms with Crippen LogP contribution >= 0.6 is 11.6 Å². The smallest absolute Gasteiger partial charge is 0.310 e. The third kappa shape index (κ3) is 2.24. The molecule has 0 radical (unpaired) electrons. The van der Waals surface area contributed by atoms with Crippen LogP contribution in [0.5, 0.6) is 5.75 Å². The number of rotatable bonds is 5. The highest BCUT2D eigenvalue weighted by atomic mass is 35.5. The summed E-state index contributed by atoms with van der Waals surface area (Å²) in [5, 5.41) is 15.7. The molecule has 138 valence electrons. The van der Waals surface area contributed by atoms with E-state index in [0.717, 1.165) is 52.5 Å². The van der Waals surface area contributed by atoms with E-state index in [1.807, 2.05) is 36.4 Å². The second kappa shape index (κ2) is 5.49. The van der Waals surface area contributed by atoms with Gasteiger partial charge in [0.15, 0.2) is 0 Å². The molecule has 2 atom stereocenters. The first-order valence-corrected chi connectivity index (χ1v) is 9.40. The van der Waals surface area contributed by atoms with Crippen molar-refractivity contribution in [2.24, 2.45) is 10.8 Å². The average molecular weight is 383 g/mol. The van der Waals surface area contributed by atoms with E-state index in [9.17, 15) is 9.90 Å². The van der Waals surface area contributed by atoms with E-state index in [4.69, 9.17) is 21.3 Å². The Balaban J connectivity index is 1.61. The summed E-state index contributed by atoms with van der Waals surface area (Å²) < 4.78 is 5.39. The number of aliphatic carboxylic acids is 1. The molecule has 1 aromatic heterocycles. The first kappa shape index (κ1) is 16.6. The Hall–Kier alpha value is -2.53. The Bertz CT molecular complexity index is 1120. The maximum Gasteiger partial charge on any atom is 0.310 e. The molecule has 0 saturated heterocycles. The fourth-order valence-corrected chi connectivity index (χ4v) is 4.86.